The first kappa shape index (κ1) is 56.2. The van der Waals surface area contributed by atoms with Gasteiger partial charge in [-0.1, -0.05) is 149 Å². The standard InChI is InChI=1S/C59H103NO7/c1-7-8-9-10-11-12-13-14-15-16-17-18-19-20-21-25-39-63-44-51(43-60-37-23-22-24-38-60)65-40-41-66-56(61)45-64-46-57(62)67-50-33-35-58(5)49(42-50)29-30-52-54-32-31-53(48(4)28-26-27-47(2)3)59(54,6)36-34-55(52)58/h14-15,29,47-48,50-55H,7-13,16-28,30-46H2,1-6H3/b15-14-/t48-,50-,51?,52-,53?,54-,55-,58-,59+/m0/s1. The Labute approximate surface area is 411 Å². The van der Waals surface area contributed by atoms with Crippen molar-refractivity contribution in [3.8, 4) is 0 Å². The highest BCUT2D eigenvalue weighted by atomic mass is 16.6. The number of hydrogen-bond acceptors (Lipinski definition) is 8. The normalized spacial score (nSPS) is 28.5. The van der Waals surface area contributed by atoms with Crippen LogP contribution < -0.4 is 0 Å². The van der Waals surface area contributed by atoms with Crippen molar-refractivity contribution in [2.75, 3.05) is 59.3 Å². The summed E-state index contributed by atoms with van der Waals surface area (Å²) in [4.78, 5) is 27.9. The molecule has 8 heteroatoms. The molecule has 0 N–H and O–H groups in total. The number of likely N-dealkylation sites (tertiary alicyclic amines) is 1. The van der Waals surface area contributed by atoms with Crippen molar-refractivity contribution in [1.82, 2.24) is 4.90 Å². The lowest BCUT2D eigenvalue weighted by Gasteiger charge is -2.58. The van der Waals surface area contributed by atoms with E-state index in [1.807, 2.05) is 0 Å². The zero-order valence-corrected chi connectivity index (χ0v) is 44.3. The summed E-state index contributed by atoms with van der Waals surface area (Å²) in [5.74, 6) is 3.98. The summed E-state index contributed by atoms with van der Waals surface area (Å²) in [6.45, 7) is 19.0. The molecule has 8 nitrogen and oxygen atoms in total. The number of allylic oxidation sites excluding steroid dienone is 3. The van der Waals surface area contributed by atoms with E-state index in [9.17, 15) is 9.59 Å². The van der Waals surface area contributed by atoms with Crippen LogP contribution in [-0.2, 0) is 33.3 Å². The average Bonchev–Trinajstić information content (AvgIpc) is 3.67. The monoisotopic (exact) mass is 938 g/mol. The van der Waals surface area contributed by atoms with Crippen molar-refractivity contribution in [1.29, 1.82) is 0 Å². The molecule has 5 aliphatic rings. The van der Waals surface area contributed by atoms with Crippen LogP contribution in [-0.4, -0.2) is 88.3 Å². The molecule has 0 aromatic carbocycles. The fourth-order valence-electron chi connectivity index (χ4n) is 13.9. The van der Waals surface area contributed by atoms with Gasteiger partial charge in [0.2, 0.25) is 0 Å². The van der Waals surface area contributed by atoms with Gasteiger partial charge < -0.3 is 28.6 Å². The Kier molecular flexibility index (Phi) is 25.9. The molecule has 1 heterocycles. The Balaban J connectivity index is 0.905. The minimum Gasteiger partial charge on any atom is -0.462 e. The molecule has 0 bridgehead atoms. The fraction of sp³-hybridized carbons (Fsp3) is 0.898. The Morgan fingerprint density at radius 3 is 2.16 bits per heavy atom. The molecule has 9 atom stereocenters. The lowest BCUT2D eigenvalue weighted by Crippen LogP contribution is -2.51. The third-order valence-electron chi connectivity index (χ3n) is 17.7. The van der Waals surface area contributed by atoms with Gasteiger partial charge in [0.15, 0.2) is 0 Å². The SMILES string of the molecule is CCCCCCCC/C=C\CCCCCCCCOCC(CN1CCCCC1)OCCOC(=O)COCC(=O)O[C@H]1CC[C@@]2(C)C(=CC[C@@H]3[C@@H]2CC[C@]2(C)C([C@@H](C)CCCC(C)C)CC[C@@H]32)C1. The number of carbonyl (C=O) groups excluding carboxylic acids is 2. The second-order valence-corrected chi connectivity index (χ2v) is 23.2. The number of unbranched alkanes of at least 4 members (excludes halogenated alkanes) is 12. The summed E-state index contributed by atoms with van der Waals surface area (Å²) in [6.07, 6.45) is 42.8. The summed E-state index contributed by atoms with van der Waals surface area (Å²) in [7, 11) is 0. The molecule has 1 saturated heterocycles. The highest BCUT2D eigenvalue weighted by Crippen LogP contribution is 2.67. The van der Waals surface area contributed by atoms with Gasteiger partial charge in [0, 0.05) is 19.6 Å². The molecule has 2 unspecified atom stereocenters. The summed E-state index contributed by atoms with van der Waals surface area (Å²) >= 11 is 0. The van der Waals surface area contributed by atoms with Crippen molar-refractivity contribution < 1.29 is 33.3 Å². The minimum atomic E-state index is -0.492. The van der Waals surface area contributed by atoms with Crippen molar-refractivity contribution in [2.45, 2.75) is 234 Å². The van der Waals surface area contributed by atoms with Gasteiger partial charge in [-0.05, 0) is 149 Å². The smallest absolute Gasteiger partial charge is 0.332 e. The predicted molar refractivity (Wildman–Crippen MR) is 275 cm³/mol. The molecule has 0 aromatic heterocycles. The van der Waals surface area contributed by atoms with E-state index in [-0.39, 0.29) is 37.4 Å². The fourth-order valence-corrected chi connectivity index (χ4v) is 13.9. The summed E-state index contributed by atoms with van der Waals surface area (Å²) in [5.41, 5.74) is 2.22. The number of hydrogen-bond donors (Lipinski definition) is 0. The van der Waals surface area contributed by atoms with Crippen LogP contribution >= 0.6 is 0 Å². The average molecular weight is 938 g/mol. The van der Waals surface area contributed by atoms with Crippen molar-refractivity contribution >= 4 is 11.9 Å². The maximum Gasteiger partial charge on any atom is 0.332 e. The molecule has 4 fully saturated rings. The minimum absolute atomic E-state index is 0.0584. The topological polar surface area (TPSA) is 83.5 Å². The maximum absolute atomic E-state index is 12.9. The number of esters is 2. The largest absolute Gasteiger partial charge is 0.462 e. The van der Waals surface area contributed by atoms with E-state index < -0.39 is 11.9 Å². The number of fused-ring (bicyclic) bond motifs is 5. The molecular weight excluding hydrogens is 835 g/mol. The summed E-state index contributed by atoms with van der Waals surface area (Å²) in [5, 5.41) is 0. The molecule has 0 amide bonds. The van der Waals surface area contributed by atoms with E-state index in [0.29, 0.717) is 18.6 Å². The lowest BCUT2D eigenvalue weighted by molar-refractivity contribution is -0.161. The van der Waals surface area contributed by atoms with Crippen LogP contribution in [0.5, 0.6) is 0 Å². The molecule has 0 aromatic rings. The third kappa shape index (κ3) is 18.8. The number of carbonyl (C=O) groups is 2. The van der Waals surface area contributed by atoms with Crippen LogP contribution in [0.25, 0.3) is 0 Å². The quantitative estimate of drug-likeness (QED) is 0.0358. The Bertz CT molecular complexity index is 1440. The molecule has 67 heavy (non-hydrogen) atoms. The van der Waals surface area contributed by atoms with E-state index in [4.69, 9.17) is 23.7 Å². The van der Waals surface area contributed by atoms with Crippen molar-refractivity contribution in [3.63, 3.8) is 0 Å². The molecule has 0 spiro atoms. The highest BCUT2D eigenvalue weighted by molar-refractivity contribution is 5.73. The van der Waals surface area contributed by atoms with Gasteiger partial charge in [-0.15, -0.1) is 0 Å². The van der Waals surface area contributed by atoms with Gasteiger partial charge in [0.1, 0.15) is 25.9 Å². The van der Waals surface area contributed by atoms with Crippen LogP contribution in [0, 0.1) is 46.3 Å². The first-order chi connectivity index (χ1) is 32.5. The zero-order valence-electron chi connectivity index (χ0n) is 44.3. The molecule has 386 valence electrons. The van der Waals surface area contributed by atoms with Crippen LogP contribution in [0.2, 0.25) is 0 Å². The highest BCUT2D eigenvalue weighted by Gasteiger charge is 2.59. The second-order valence-electron chi connectivity index (χ2n) is 23.2. The summed E-state index contributed by atoms with van der Waals surface area (Å²) < 4.78 is 29.2. The van der Waals surface area contributed by atoms with Crippen LogP contribution in [0.1, 0.15) is 221 Å². The Morgan fingerprint density at radius 2 is 1.43 bits per heavy atom. The van der Waals surface area contributed by atoms with Gasteiger partial charge in [-0.25, -0.2) is 9.59 Å². The first-order valence-electron chi connectivity index (χ1n) is 28.7. The van der Waals surface area contributed by atoms with Crippen molar-refractivity contribution in [3.05, 3.63) is 23.8 Å². The van der Waals surface area contributed by atoms with E-state index in [1.165, 1.54) is 160 Å². The lowest BCUT2D eigenvalue weighted by atomic mass is 9.47. The van der Waals surface area contributed by atoms with Gasteiger partial charge in [-0.2, -0.15) is 0 Å². The van der Waals surface area contributed by atoms with Gasteiger partial charge >= 0.3 is 11.9 Å². The van der Waals surface area contributed by atoms with Gasteiger partial charge in [0.25, 0.3) is 0 Å². The third-order valence-corrected chi connectivity index (χ3v) is 17.7. The van der Waals surface area contributed by atoms with E-state index in [0.717, 1.165) is 87.4 Å². The molecule has 0 radical (unpaired) electrons. The molecular formula is C59H103NO7. The second kappa shape index (κ2) is 30.9. The number of nitrogens with zero attached hydrogens (tertiary/aromatic N) is 1. The maximum atomic E-state index is 12.9. The molecule has 1 aliphatic heterocycles. The molecule has 4 aliphatic carbocycles. The van der Waals surface area contributed by atoms with Crippen molar-refractivity contribution in [2.24, 2.45) is 46.3 Å². The predicted octanol–water partition coefficient (Wildman–Crippen LogP) is 14.4. The van der Waals surface area contributed by atoms with Crippen LogP contribution in [0.3, 0.4) is 0 Å². The van der Waals surface area contributed by atoms with Gasteiger partial charge in [0.05, 0.1) is 19.3 Å². The van der Waals surface area contributed by atoms with E-state index in [1.54, 1.807) is 0 Å². The van der Waals surface area contributed by atoms with E-state index in [2.05, 4.69) is 64.7 Å². The molecule has 3 saturated carbocycles. The Hall–Kier alpha value is -1.74. The number of rotatable bonds is 34. The van der Waals surface area contributed by atoms with Gasteiger partial charge in [-0.3, -0.25) is 0 Å². The number of piperidine rings is 1. The number of ether oxygens (including phenoxy) is 5. The van der Waals surface area contributed by atoms with Crippen LogP contribution in [0.15, 0.2) is 23.8 Å². The Morgan fingerprint density at radius 1 is 0.731 bits per heavy atom. The summed E-state index contributed by atoms with van der Waals surface area (Å²) in [6, 6.07) is 0. The van der Waals surface area contributed by atoms with E-state index >= 15 is 0 Å². The zero-order chi connectivity index (χ0) is 47.7. The van der Waals surface area contributed by atoms with Crippen LogP contribution in [0.4, 0.5) is 0 Å². The molecule has 5 rings (SSSR count). The first-order valence-corrected chi connectivity index (χ1v) is 28.7.